The highest BCUT2D eigenvalue weighted by Gasteiger charge is 1.97. The van der Waals surface area contributed by atoms with Crippen LogP contribution < -0.4 is 0 Å². The second-order valence-corrected chi connectivity index (χ2v) is 4.78. The van der Waals surface area contributed by atoms with Gasteiger partial charge in [-0.15, -0.1) is 22.7 Å². The van der Waals surface area contributed by atoms with E-state index in [0.717, 1.165) is 10.4 Å². The van der Waals surface area contributed by atoms with Gasteiger partial charge in [-0.1, -0.05) is 18.2 Å². The van der Waals surface area contributed by atoms with Gasteiger partial charge in [-0.3, -0.25) is 0 Å². The van der Waals surface area contributed by atoms with Crippen molar-refractivity contribution in [2.75, 3.05) is 0 Å². The number of hydrogen-bond donors (Lipinski definition) is 0. The van der Waals surface area contributed by atoms with Crippen LogP contribution in [0.1, 0.15) is 0 Å². The summed E-state index contributed by atoms with van der Waals surface area (Å²) in [4.78, 5) is 1.12. The Labute approximate surface area is 108 Å². The van der Waals surface area contributed by atoms with Gasteiger partial charge in [0, 0.05) is 15.6 Å². The predicted molar refractivity (Wildman–Crippen MR) is 71.7 cm³/mol. The molecule has 2 heterocycles. The molecule has 0 bridgehead atoms. The van der Waals surface area contributed by atoms with Crippen molar-refractivity contribution in [1.29, 1.82) is 0 Å². The van der Waals surface area contributed by atoms with Crippen LogP contribution in [0.5, 0.6) is 0 Å². The van der Waals surface area contributed by atoms with Gasteiger partial charge in [0.2, 0.25) is 0 Å². The van der Waals surface area contributed by atoms with Crippen LogP contribution in [0.25, 0.3) is 10.4 Å². The second-order valence-electron chi connectivity index (χ2n) is 3.16. The molecule has 0 aliphatic carbocycles. The Bertz CT molecular complexity index is 493. The topological polar surface area (TPSA) is 0 Å². The first-order chi connectivity index (χ1) is 8.36. The van der Waals surface area contributed by atoms with Crippen LogP contribution in [0, 0.1) is 16.6 Å². The van der Waals surface area contributed by atoms with Crippen LogP contribution in [0.15, 0.2) is 53.9 Å². The van der Waals surface area contributed by atoms with Crippen LogP contribution >= 0.6 is 22.7 Å². The minimum atomic E-state index is -0.195. The Morgan fingerprint density at radius 2 is 1.76 bits per heavy atom. The summed E-state index contributed by atoms with van der Waals surface area (Å²) in [6.07, 6.45) is 0. The van der Waals surface area contributed by atoms with Gasteiger partial charge in [0.05, 0.1) is 0 Å². The van der Waals surface area contributed by atoms with Crippen LogP contribution in [-0.4, -0.2) is 0 Å². The molecule has 2 aromatic heterocycles. The quantitative estimate of drug-likeness (QED) is 0.583. The first kappa shape index (κ1) is 12.0. The van der Waals surface area contributed by atoms with Crippen LogP contribution in [0.4, 0.5) is 4.39 Å². The number of halogens is 1. The van der Waals surface area contributed by atoms with Crippen molar-refractivity contribution in [1.82, 2.24) is 0 Å². The zero-order chi connectivity index (χ0) is 11.9. The lowest BCUT2D eigenvalue weighted by atomic mass is 10.2. The van der Waals surface area contributed by atoms with Gasteiger partial charge in [0.1, 0.15) is 5.82 Å². The first-order valence-electron chi connectivity index (χ1n) is 4.97. The zero-order valence-corrected chi connectivity index (χ0v) is 10.5. The molecule has 17 heavy (non-hydrogen) atoms. The van der Waals surface area contributed by atoms with E-state index in [2.05, 4.69) is 10.8 Å². The van der Waals surface area contributed by atoms with Gasteiger partial charge in [-0.2, -0.15) is 0 Å². The summed E-state index contributed by atoms with van der Waals surface area (Å²) in [5, 5.41) is 7.88. The third kappa shape index (κ3) is 3.80. The molecular formula is C14H9FS2. The molecule has 0 aliphatic rings. The van der Waals surface area contributed by atoms with Crippen molar-refractivity contribution in [3.05, 3.63) is 70.5 Å². The van der Waals surface area contributed by atoms with Crippen molar-refractivity contribution >= 4 is 22.7 Å². The minimum Gasteiger partial charge on any atom is -0.207 e. The fraction of sp³-hybridized carbons (Fsp3) is 0. The summed E-state index contributed by atoms with van der Waals surface area (Å²) >= 11 is 3.12. The van der Waals surface area contributed by atoms with Gasteiger partial charge < -0.3 is 0 Å². The predicted octanol–water partition coefficient (Wildman–Crippen LogP) is 4.90. The lowest BCUT2D eigenvalue weighted by molar-refractivity contribution is 0.628. The van der Waals surface area contributed by atoms with Crippen molar-refractivity contribution in [3.63, 3.8) is 0 Å². The number of rotatable bonds is 1. The van der Waals surface area contributed by atoms with Gasteiger partial charge in [-0.05, 0) is 41.3 Å². The number of hydrogen-bond acceptors (Lipinski definition) is 2. The summed E-state index contributed by atoms with van der Waals surface area (Å²) in [6, 6.07) is 14.2. The Kier molecular flexibility index (Phi) is 4.47. The molecule has 0 saturated carbocycles. The summed E-state index contributed by atoms with van der Waals surface area (Å²) in [7, 11) is 0. The molecule has 0 amide bonds. The van der Waals surface area contributed by atoms with E-state index in [1.165, 1.54) is 23.5 Å². The molecule has 0 unspecified atom stereocenters. The standard InChI is InChI=1S/C10H6FS.C4H3S/c11-9-5-3-8(4-6-9)10-2-1-7-12-10;1-2-4-5-3-1/h1-6H;1-3H. The molecule has 0 fully saturated rings. The highest BCUT2D eigenvalue weighted by molar-refractivity contribution is 7.13. The van der Waals surface area contributed by atoms with Crippen LogP contribution in [0.2, 0.25) is 0 Å². The third-order valence-electron chi connectivity index (χ3n) is 1.98. The molecule has 0 spiro atoms. The zero-order valence-electron chi connectivity index (χ0n) is 8.89. The summed E-state index contributed by atoms with van der Waals surface area (Å²) in [5.41, 5.74) is 1.04. The Morgan fingerprint density at radius 3 is 2.24 bits per heavy atom. The fourth-order valence-electron chi connectivity index (χ4n) is 1.21. The van der Waals surface area contributed by atoms with Crippen LogP contribution in [0.3, 0.4) is 0 Å². The Morgan fingerprint density at radius 1 is 0.941 bits per heavy atom. The largest absolute Gasteiger partial charge is 0.207 e. The molecule has 0 atom stereocenters. The van der Waals surface area contributed by atoms with Gasteiger partial charge in [-0.25, -0.2) is 4.39 Å². The maximum Gasteiger partial charge on any atom is 0.123 e. The van der Waals surface area contributed by atoms with Gasteiger partial charge >= 0.3 is 0 Å². The normalized spacial score (nSPS) is 9.47. The molecule has 0 aliphatic heterocycles. The molecular weight excluding hydrogens is 251 g/mol. The van der Waals surface area contributed by atoms with E-state index in [1.807, 2.05) is 29.6 Å². The third-order valence-corrected chi connectivity index (χ3v) is 3.39. The van der Waals surface area contributed by atoms with Crippen molar-refractivity contribution in [3.8, 4) is 10.4 Å². The van der Waals surface area contributed by atoms with Gasteiger partial charge in [0.25, 0.3) is 0 Å². The van der Waals surface area contributed by atoms with E-state index in [-0.39, 0.29) is 5.82 Å². The van der Waals surface area contributed by atoms with Crippen molar-refractivity contribution < 1.29 is 4.39 Å². The van der Waals surface area contributed by atoms with E-state index in [0.29, 0.717) is 0 Å². The van der Waals surface area contributed by atoms with Gasteiger partial charge in [0.15, 0.2) is 0 Å². The number of benzene rings is 1. The average Bonchev–Trinajstić information content (AvgIpc) is 3.06. The molecule has 0 saturated heterocycles. The maximum absolute atomic E-state index is 12.5. The molecule has 1 aromatic carbocycles. The van der Waals surface area contributed by atoms with E-state index in [4.69, 9.17) is 0 Å². The fourth-order valence-corrected chi connectivity index (χ4v) is 2.25. The van der Waals surface area contributed by atoms with E-state index in [1.54, 1.807) is 23.5 Å². The Balaban J connectivity index is 0.000000181. The molecule has 2 radical (unpaired) electrons. The molecule has 84 valence electrons. The average molecular weight is 260 g/mol. The lowest BCUT2D eigenvalue weighted by Crippen LogP contribution is -1.73. The highest BCUT2D eigenvalue weighted by Crippen LogP contribution is 2.23. The molecule has 0 nitrogen and oxygen atoms in total. The lowest BCUT2D eigenvalue weighted by Gasteiger charge is -1.94. The maximum atomic E-state index is 12.5. The Hall–Kier alpha value is -1.45. The second kappa shape index (κ2) is 6.33. The smallest absolute Gasteiger partial charge is 0.123 e. The monoisotopic (exact) mass is 260 g/mol. The van der Waals surface area contributed by atoms with E-state index in [9.17, 15) is 4.39 Å². The van der Waals surface area contributed by atoms with E-state index >= 15 is 0 Å². The highest BCUT2D eigenvalue weighted by atomic mass is 32.1. The molecule has 3 heteroatoms. The minimum absolute atomic E-state index is 0.195. The molecule has 3 aromatic rings. The van der Waals surface area contributed by atoms with E-state index < -0.39 is 0 Å². The summed E-state index contributed by atoms with van der Waals surface area (Å²) in [5.74, 6) is -0.195. The number of thiophene rings is 2. The molecule has 3 rings (SSSR count). The van der Waals surface area contributed by atoms with Crippen LogP contribution in [-0.2, 0) is 0 Å². The van der Waals surface area contributed by atoms with Crippen molar-refractivity contribution in [2.45, 2.75) is 0 Å². The summed E-state index contributed by atoms with van der Waals surface area (Å²) in [6.45, 7) is 0. The SMILES string of the molecule is Fc1ccc(-c2cc[c]s2)cc1.[c]1cccs1. The first-order valence-corrected chi connectivity index (χ1v) is 6.67. The molecule has 0 N–H and O–H groups in total. The summed E-state index contributed by atoms with van der Waals surface area (Å²) < 4.78 is 12.5. The van der Waals surface area contributed by atoms with Crippen molar-refractivity contribution in [2.24, 2.45) is 0 Å².